The van der Waals surface area contributed by atoms with E-state index in [0.717, 1.165) is 44.1 Å². The van der Waals surface area contributed by atoms with Crippen LogP contribution in [0.25, 0.3) is 0 Å². The summed E-state index contributed by atoms with van der Waals surface area (Å²) in [5.74, 6) is 2.30. The van der Waals surface area contributed by atoms with E-state index in [9.17, 15) is 4.79 Å². The first-order chi connectivity index (χ1) is 9.63. The summed E-state index contributed by atoms with van der Waals surface area (Å²) < 4.78 is 7.08. The van der Waals surface area contributed by atoms with Crippen molar-refractivity contribution in [1.82, 2.24) is 19.7 Å². The molecule has 3 rings (SSSR count). The Balaban J connectivity index is 1.63. The zero-order valence-electron chi connectivity index (χ0n) is 12.2. The predicted octanol–water partition coefficient (Wildman–Crippen LogP) is 0.922. The van der Waals surface area contributed by atoms with Crippen LogP contribution in [0.5, 0.6) is 0 Å². The molecule has 2 saturated heterocycles. The quantitative estimate of drug-likeness (QED) is 0.770. The van der Waals surface area contributed by atoms with Crippen LogP contribution in [-0.2, 0) is 16.1 Å². The van der Waals surface area contributed by atoms with E-state index < -0.39 is 0 Å². The first-order valence-electron chi connectivity index (χ1n) is 7.42. The average molecular weight is 278 g/mol. The fraction of sp³-hybridized carbons (Fsp3) is 0.786. The molecular weight excluding hydrogens is 256 g/mol. The van der Waals surface area contributed by atoms with Crippen molar-refractivity contribution in [1.29, 1.82) is 0 Å². The fourth-order valence-electron chi connectivity index (χ4n) is 3.33. The van der Waals surface area contributed by atoms with Crippen LogP contribution < -0.4 is 0 Å². The molecule has 0 spiro atoms. The summed E-state index contributed by atoms with van der Waals surface area (Å²) in [4.78, 5) is 18.3. The number of carbonyl (C=O) groups is 1. The van der Waals surface area contributed by atoms with Crippen molar-refractivity contribution in [2.75, 3.05) is 19.7 Å². The second-order valence-corrected chi connectivity index (χ2v) is 5.86. The largest absolute Gasteiger partial charge is 0.464 e. The Kier molecular flexibility index (Phi) is 3.74. The maximum Gasteiger partial charge on any atom is 0.323 e. The van der Waals surface area contributed by atoms with Gasteiger partial charge in [-0.25, -0.2) is 9.67 Å². The Labute approximate surface area is 119 Å². The number of aryl methyl sites for hydroxylation is 2. The molecule has 20 heavy (non-hydrogen) atoms. The van der Waals surface area contributed by atoms with Crippen LogP contribution in [0.4, 0.5) is 0 Å². The molecule has 0 radical (unpaired) electrons. The molecule has 2 aliphatic heterocycles. The monoisotopic (exact) mass is 278 g/mol. The molecule has 6 heteroatoms. The Hall–Kier alpha value is -1.43. The van der Waals surface area contributed by atoms with Gasteiger partial charge in [0.25, 0.3) is 0 Å². The van der Waals surface area contributed by atoms with Crippen LogP contribution in [-0.4, -0.2) is 51.4 Å². The first-order valence-corrected chi connectivity index (χ1v) is 7.42. The number of esters is 1. The first kappa shape index (κ1) is 13.5. The molecule has 0 saturated carbocycles. The van der Waals surface area contributed by atoms with Gasteiger partial charge in [-0.15, -0.1) is 0 Å². The Bertz CT molecular complexity index is 499. The average Bonchev–Trinajstić information content (AvgIpc) is 2.96. The number of hydrogen-bond acceptors (Lipinski definition) is 5. The van der Waals surface area contributed by atoms with E-state index in [1.807, 2.05) is 18.5 Å². The van der Waals surface area contributed by atoms with E-state index in [4.69, 9.17) is 4.74 Å². The van der Waals surface area contributed by atoms with Crippen LogP contribution in [0, 0.1) is 19.8 Å². The molecule has 3 heterocycles. The third-order valence-electron chi connectivity index (χ3n) is 4.29. The second-order valence-electron chi connectivity index (χ2n) is 5.86. The van der Waals surface area contributed by atoms with E-state index in [1.165, 1.54) is 6.42 Å². The van der Waals surface area contributed by atoms with Gasteiger partial charge in [-0.2, -0.15) is 5.10 Å². The van der Waals surface area contributed by atoms with Crippen LogP contribution in [0.3, 0.4) is 0 Å². The number of carbonyl (C=O) groups excluding carboxylic acids is 1. The van der Waals surface area contributed by atoms with E-state index in [1.54, 1.807) is 0 Å². The molecule has 2 aliphatic rings. The van der Waals surface area contributed by atoms with E-state index in [0.29, 0.717) is 12.5 Å². The lowest BCUT2D eigenvalue weighted by atomic mass is 9.96. The summed E-state index contributed by atoms with van der Waals surface area (Å²) in [5.41, 5.74) is 0. The third-order valence-corrected chi connectivity index (χ3v) is 4.29. The standard InChI is InChI=1S/C14H22N4O2/c1-10-15-11(2)18(16-10)9-12-4-3-6-17(8-12)13-5-7-20-14(13)19/h12-13H,3-9H2,1-2H3/t12-,13-/m0/s1. The summed E-state index contributed by atoms with van der Waals surface area (Å²) in [6.07, 6.45) is 3.17. The minimum absolute atomic E-state index is 0.0172. The molecule has 0 aliphatic carbocycles. The highest BCUT2D eigenvalue weighted by Crippen LogP contribution is 2.24. The van der Waals surface area contributed by atoms with Gasteiger partial charge in [-0.1, -0.05) is 0 Å². The molecule has 6 nitrogen and oxygen atoms in total. The van der Waals surface area contributed by atoms with Crippen molar-refractivity contribution in [2.45, 2.75) is 45.7 Å². The minimum atomic E-state index is -0.0431. The van der Waals surface area contributed by atoms with Gasteiger partial charge in [0, 0.05) is 19.5 Å². The molecule has 0 unspecified atom stereocenters. The van der Waals surface area contributed by atoms with Crippen LogP contribution in [0.1, 0.15) is 30.9 Å². The maximum atomic E-state index is 11.7. The van der Waals surface area contributed by atoms with Crippen molar-refractivity contribution in [2.24, 2.45) is 5.92 Å². The van der Waals surface area contributed by atoms with Crippen molar-refractivity contribution in [3.8, 4) is 0 Å². The van der Waals surface area contributed by atoms with Crippen molar-refractivity contribution < 1.29 is 9.53 Å². The normalized spacial score (nSPS) is 27.8. The van der Waals surface area contributed by atoms with Gasteiger partial charge >= 0.3 is 5.97 Å². The van der Waals surface area contributed by atoms with Gasteiger partial charge < -0.3 is 4.74 Å². The molecule has 110 valence electrons. The molecule has 0 bridgehead atoms. The SMILES string of the molecule is Cc1nc(C)n(C[C@H]2CCCN([C@H]3CCOC3=O)C2)n1. The van der Waals surface area contributed by atoms with E-state index in [-0.39, 0.29) is 12.0 Å². The Morgan fingerprint density at radius 2 is 2.20 bits per heavy atom. The maximum absolute atomic E-state index is 11.7. The number of hydrogen-bond donors (Lipinski definition) is 0. The van der Waals surface area contributed by atoms with Crippen LogP contribution in [0.2, 0.25) is 0 Å². The lowest BCUT2D eigenvalue weighted by Crippen LogP contribution is -2.45. The second kappa shape index (κ2) is 5.52. The summed E-state index contributed by atoms with van der Waals surface area (Å²) in [6.45, 7) is 7.35. The number of aromatic nitrogens is 3. The molecule has 0 aromatic carbocycles. The van der Waals surface area contributed by atoms with E-state index >= 15 is 0 Å². The topological polar surface area (TPSA) is 60.2 Å². The number of likely N-dealkylation sites (tertiary alicyclic amines) is 1. The summed E-state index contributed by atoms with van der Waals surface area (Å²) in [5, 5.41) is 4.44. The van der Waals surface area contributed by atoms with Crippen LogP contribution in [0.15, 0.2) is 0 Å². The van der Waals surface area contributed by atoms with Gasteiger partial charge in [0.2, 0.25) is 0 Å². The van der Waals surface area contributed by atoms with Gasteiger partial charge in [-0.3, -0.25) is 9.69 Å². The molecule has 2 fully saturated rings. The highest BCUT2D eigenvalue weighted by molar-refractivity contribution is 5.77. The fourth-order valence-corrected chi connectivity index (χ4v) is 3.33. The van der Waals surface area contributed by atoms with E-state index in [2.05, 4.69) is 15.0 Å². The number of rotatable bonds is 3. The highest BCUT2D eigenvalue weighted by atomic mass is 16.5. The number of ether oxygens (including phenoxy) is 1. The van der Waals surface area contributed by atoms with Crippen molar-refractivity contribution >= 4 is 5.97 Å². The molecular formula is C14H22N4O2. The van der Waals surface area contributed by atoms with Gasteiger partial charge in [0.1, 0.15) is 17.7 Å². The van der Waals surface area contributed by atoms with Gasteiger partial charge in [0.05, 0.1) is 6.61 Å². The predicted molar refractivity (Wildman–Crippen MR) is 73.2 cm³/mol. The number of cyclic esters (lactones) is 1. The smallest absolute Gasteiger partial charge is 0.323 e. The summed E-state index contributed by atoms with van der Waals surface area (Å²) >= 11 is 0. The van der Waals surface area contributed by atoms with Crippen molar-refractivity contribution in [3.05, 3.63) is 11.6 Å². The summed E-state index contributed by atoms with van der Waals surface area (Å²) in [6, 6.07) is -0.0172. The summed E-state index contributed by atoms with van der Waals surface area (Å²) in [7, 11) is 0. The molecule has 0 N–H and O–H groups in total. The molecule has 2 atom stereocenters. The van der Waals surface area contributed by atoms with Crippen molar-refractivity contribution in [3.63, 3.8) is 0 Å². The number of piperidine rings is 1. The Morgan fingerprint density at radius 3 is 2.85 bits per heavy atom. The zero-order chi connectivity index (χ0) is 14.1. The third kappa shape index (κ3) is 2.70. The lowest BCUT2D eigenvalue weighted by Gasteiger charge is -2.35. The molecule has 1 aromatic rings. The highest BCUT2D eigenvalue weighted by Gasteiger charge is 2.35. The lowest BCUT2D eigenvalue weighted by molar-refractivity contribution is -0.142. The minimum Gasteiger partial charge on any atom is -0.464 e. The zero-order valence-corrected chi connectivity index (χ0v) is 12.2. The Morgan fingerprint density at radius 1 is 1.35 bits per heavy atom. The molecule has 1 aromatic heterocycles. The number of nitrogens with zero attached hydrogens (tertiary/aromatic N) is 4. The van der Waals surface area contributed by atoms with Gasteiger partial charge in [-0.05, 0) is 39.2 Å². The molecule has 0 amide bonds. The van der Waals surface area contributed by atoms with Crippen LogP contribution >= 0.6 is 0 Å². The van der Waals surface area contributed by atoms with Gasteiger partial charge in [0.15, 0.2) is 0 Å².